The Kier molecular flexibility index (Phi) is 5.88. The first-order valence-corrected chi connectivity index (χ1v) is 11.5. The number of pyridine rings is 1. The second-order valence-corrected chi connectivity index (χ2v) is 10.3. The van der Waals surface area contributed by atoms with E-state index in [4.69, 9.17) is 9.47 Å². The Morgan fingerprint density at radius 2 is 2.10 bits per heavy atom. The van der Waals surface area contributed by atoms with Crippen LogP contribution in [0.5, 0.6) is 5.75 Å². The van der Waals surface area contributed by atoms with Gasteiger partial charge in [-0.15, -0.1) is 0 Å². The molecule has 0 spiro atoms. The summed E-state index contributed by atoms with van der Waals surface area (Å²) in [5.41, 5.74) is 3.26. The second-order valence-electron chi connectivity index (χ2n) is 8.14. The third-order valence-corrected chi connectivity index (χ3v) is 7.38. The molecule has 2 aliphatic rings. The molecule has 8 heteroatoms. The van der Waals surface area contributed by atoms with Crippen molar-refractivity contribution >= 4 is 42.1 Å². The van der Waals surface area contributed by atoms with E-state index < -0.39 is 0 Å². The van der Waals surface area contributed by atoms with Crippen molar-refractivity contribution in [2.75, 3.05) is 17.8 Å². The maximum atomic E-state index is 14.9. The Morgan fingerprint density at radius 1 is 1.33 bits per heavy atom. The van der Waals surface area contributed by atoms with E-state index in [9.17, 15) is 9.18 Å². The number of amides is 1. The van der Waals surface area contributed by atoms with Crippen molar-refractivity contribution in [3.63, 3.8) is 0 Å². The number of fused-ring (bicyclic) bond motifs is 1. The number of aromatic nitrogens is 1. The van der Waals surface area contributed by atoms with Gasteiger partial charge in [-0.3, -0.25) is 0 Å². The molecule has 30 heavy (non-hydrogen) atoms. The van der Waals surface area contributed by atoms with Crippen LogP contribution < -0.4 is 9.64 Å². The summed E-state index contributed by atoms with van der Waals surface area (Å²) in [5, 5.41) is 0. The fourth-order valence-electron chi connectivity index (χ4n) is 3.14. The molecule has 5 nitrogen and oxygen atoms in total. The molecule has 3 heterocycles. The van der Waals surface area contributed by atoms with Crippen LogP contribution in [0.4, 0.5) is 10.1 Å². The van der Waals surface area contributed by atoms with Crippen LogP contribution in [-0.2, 0) is 16.1 Å². The Hall–Kier alpha value is -1.95. The van der Waals surface area contributed by atoms with Crippen molar-refractivity contribution in [1.82, 2.24) is 4.98 Å². The van der Waals surface area contributed by atoms with Crippen LogP contribution in [0.15, 0.2) is 35.4 Å². The van der Waals surface area contributed by atoms with E-state index in [1.165, 1.54) is 17.8 Å². The van der Waals surface area contributed by atoms with Crippen LogP contribution in [0.2, 0.25) is 0 Å². The minimum absolute atomic E-state index is 0.00421. The van der Waals surface area contributed by atoms with E-state index in [0.717, 1.165) is 23.9 Å². The van der Waals surface area contributed by atoms with Crippen molar-refractivity contribution in [1.29, 1.82) is 0 Å². The molecule has 2 aromatic rings. The molecule has 156 valence electrons. The molecule has 4 rings (SSSR count). The molecule has 0 saturated carbocycles. The van der Waals surface area contributed by atoms with Crippen LogP contribution in [0.25, 0.3) is 0 Å². The molecule has 0 atom stereocenters. The van der Waals surface area contributed by atoms with Gasteiger partial charge in [-0.2, -0.15) is 0 Å². The number of carbonyl (C=O) groups excluding carboxylic acids is 1. The Bertz CT molecular complexity index is 1070. The molecule has 0 unspecified atom stereocenters. The van der Waals surface area contributed by atoms with Crippen molar-refractivity contribution in [3.05, 3.63) is 47.5 Å². The van der Waals surface area contributed by atoms with E-state index in [2.05, 4.69) is 25.8 Å². The summed E-state index contributed by atoms with van der Waals surface area (Å²) in [5.74, 6) is 0.943. The van der Waals surface area contributed by atoms with Crippen molar-refractivity contribution in [2.45, 2.75) is 38.6 Å². The number of ether oxygens (including phenoxy) is 2. The average molecular weight is 445 g/mol. The van der Waals surface area contributed by atoms with Gasteiger partial charge in [-0.25, -0.2) is 0 Å². The number of anilines is 1. The summed E-state index contributed by atoms with van der Waals surface area (Å²) in [6.45, 7) is 6.52. The van der Waals surface area contributed by atoms with Gasteiger partial charge in [-0.05, 0) is 0 Å². The van der Waals surface area contributed by atoms with E-state index in [-0.39, 0.29) is 17.1 Å². The van der Waals surface area contributed by atoms with Crippen LogP contribution in [-0.4, -0.2) is 34.7 Å². The number of rotatable bonds is 4. The number of benzene rings is 1. The van der Waals surface area contributed by atoms with Crippen molar-refractivity contribution in [2.24, 2.45) is 5.41 Å². The maximum absolute atomic E-state index is 14.9. The third kappa shape index (κ3) is 4.25. The Labute approximate surface area is 181 Å². The molecule has 1 aromatic heterocycles. The first-order chi connectivity index (χ1) is 14.3. The summed E-state index contributed by atoms with van der Waals surface area (Å²) in [6, 6.07) is 6.91. The van der Waals surface area contributed by atoms with Gasteiger partial charge in [0.15, 0.2) is 0 Å². The average Bonchev–Trinajstić information content (AvgIpc) is 2.79. The fourth-order valence-corrected chi connectivity index (χ4v) is 5.10. The van der Waals surface area contributed by atoms with Crippen molar-refractivity contribution < 1.29 is 18.7 Å². The molecular weight excluding hydrogens is 422 g/mol. The second kappa shape index (κ2) is 8.29. The van der Waals surface area contributed by atoms with Crippen LogP contribution >= 0.6 is 19.6 Å². The number of hydrogen-bond acceptors (Lipinski definition) is 5. The van der Waals surface area contributed by atoms with Gasteiger partial charge < -0.3 is 0 Å². The summed E-state index contributed by atoms with van der Waals surface area (Å²) in [6.07, 6.45) is 2.02. The number of nitrogens with zero attached hydrogens (tertiary/aromatic N) is 2. The molecule has 0 fully saturated rings. The summed E-state index contributed by atoms with van der Waals surface area (Å²) < 4.78 is 25.9. The van der Waals surface area contributed by atoms with Gasteiger partial charge >= 0.3 is 181 Å². The zero-order valence-electron chi connectivity index (χ0n) is 17.4. The van der Waals surface area contributed by atoms with Gasteiger partial charge in [0.1, 0.15) is 0 Å². The molecule has 0 bridgehead atoms. The number of halogens is 1. The molecule has 2 aliphatic heterocycles. The van der Waals surface area contributed by atoms with Gasteiger partial charge in [0.25, 0.3) is 0 Å². The number of thioether (sulfide) groups is 1. The third-order valence-electron chi connectivity index (χ3n) is 4.84. The first-order valence-electron chi connectivity index (χ1n) is 9.66. The first kappa shape index (κ1) is 21.3. The summed E-state index contributed by atoms with van der Waals surface area (Å²) >= 11 is 1.50. The van der Waals surface area contributed by atoms with Crippen LogP contribution in [0.3, 0.4) is 0 Å². The van der Waals surface area contributed by atoms with Crippen LogP contribution in [0, 0.1) is 11.2 Å². The minimum atomic E-state index is -0.325. The van der Waals surface area contributed by atoms with Gasteiger partial charge in [0, 0.05) is 0 Å². The Balaban J connectivity index is 1.73. The van der Waals surface area contributed by atoms with E-state index in [1.807, 2.05) is 12.1 Å². The quantitative estimate of drug-likeness (QED) is 0.628. The molecule has 1 amide bonds. The monoisotopic (exact) mass is 445 g/mol. The zero-order chi connectivity index (χ0) is 21.5. The molecular formula is C22H23FN2O3PS+. The fraction of sp³-hybridized carbons (Fsp3) is 0.364. The zero-order valence-corrected chi connectivity index (χ0v) is 19.1. The normalized spacial score (nSPS) is 16.6. The number of hydrogen-bond donors (Lipinski definition) is 0. The van der Waals surface area contributed by atoms with Gasteiger partial charge in [0.05, 0.1) is 0 Å². The van der Waals surface area contributed by atoms with E-state index >= 15 is 0 Å². The Morgan fingerprint density at radius 3 is 2.73 bits per heavy atom. The summed E-state index contributed by atoms with van der Waals surface area (Å²) in [7, 11) is 2.47. The van der Waals surface area contributed by atoms with Crippen LogP contribution in [0.1, 0.15) is 38.4 Å². The summed E-state index contributed by atoms with van der Waals surface area (Å²) in [4.78, 5) is 19.7. The SMILES string of the molecule is COc1ccc(CN2C(=O)CCSc3cc(F)c(C4=[P+]=C(C(C)(C)C)O4)cc32)nc1. The van der Waals surface area contributed by atoms with E-state index in [1.54, 1.807) is 24.3 Å². The van der Waals surface area contributed by atoms with Crippen molar-refractivity contribution in [3.8, 4) is 5.75 Å². The van der Waals surface area contributed by atoms with E-state index in [0.29, 0.717) is 41.2 Å². The van der Waals surface area contributed by atoms with Gasteiger partial charge in [0.2, 0.25) is 0 Å². The molecule has 0 saturated heterocycles. The topological polar surface area (TPSA) is 51.7 Å². The molecule has 1 aromatic carbocycles. The number of carbonyl (C=O) groups is 1. The standard InChI is InChI=1S/C22H23FN2O3PS/c1-22(2,3)21-28-20(29-21)15-9-17-18(10-16(15)23)30-8-7-19(26)25(17)12-13-5-6-14(27-4)11-24-13/h5-6,9-11H,7-8,12H2,1-4H3/q+1. The van der Waals surface area contributed by atoms with Gasteiger partial charge in [-0.1, -0.05) is 0 Å². The predicted molar refractivity (Wildman–Crippen MR) is 120 cm³/mol. The number of methoxy groups -OCH3 is 1. The molecule has 0 N–H and O–H groups in total. The molecule has 0 aliphatic carbocycles. The predicted octanol–water partition coefficient (Wildman–Crippen LogP) is 4.89. The molecule has 0 radical (unpaired) electrons.